The van der Waals surface area contributed by atoms with E-state index >= 15 is 0 Å². The van der Waals surface area contributed by atoms with Crippen LogP contribution in [-0.4, -0.2) is 76.1 Å². The highest BCUT2D eigenvalue weighted by atomic mass is 32.2. The van der Waals surface area contributed by atoms with Crippen molar-refractivity contribution in [3.63, 3.8) is 0 Å². The minimum atomic E-state index is -3.46. The van der Waals surface area contributed by atoms with Crippen LogP contribution in [0.15, 0.2) is 178 Å². The molecule has 6 aromatic rings. The van der Waals surface area contributed by atoms with Crippen molar-refractivity contribution in [1.29, 1.82) is 0 Å². The van der Waals surface area contributed by atoms with Gasteiger partial charge in [-0.15, -0.1) is 0 Å². The zero-order valence-electron chi connectivity index (χ0n) is 46.7. The largest absolute Gasteiger partial charge is 0.392 e. The summed E-state index contributed by atoms with van der Waals surface area (Å²) in [6.07, 6.45) is 7.58. The molecular formula is C66H84O9S3. The number of hydrogen-bond acceptors (Lipinski definition) is 9. The first-order valence-electron chi connectivity index (χ1n) is 28.5. The first-order valence-corrected chi connectivity index (χ1v) is 33.4. The Labute approximate surface area is 467 Å². The minimum absolute atomic E-state index is 0.0119. The first-order chi connectivity index (χ1) is 37.3. The molecule has 9 atom stereocenters. The number of rotatable bonds is 15. The van der Waals surface area contributed by atoms with E-state index in [0.29, 0.717) is 33.9 Å². The van der Waals surface area contributed by atoms with Gasteiger partial charge in [-0.2, -0.15) is 0 Å². The van der Waals surface area contributed by atoms with Crippen LogP contribution in [-0.2, 0) is 29.5 Å². The molecule has 0 saturated carbocycles. The molecule has 9 nitrogen and oxygen atoms in total. The van der Waals surface area contributed by atoms with Gasteiger partial charge in [0.05, 0.1) is 50.3 Å². The molecule has 0 radical (unpaired) electrons. The number of aliphatic hydroxyl groups excluding tert-OH is 3. The molecule has 0 amide bonds. The lowest BCUT2D eigenvalue weighted by Gasteiger charge is -2.39. The summed E-state index contributed by atoms with van der Waals surface area (Å²) in [5.41, 5.74) is 3.18. The lowest BCUT2D eigenvalue weighted by molar-refractivity contribution is 0.0173. The van der Waals surface area contributed by atoms with Crippen molar-refractivity contribution in [1.82, 2.24) is 0 Å². The fourth-order valence-corrected chi connectivity index (χ4v) is 19.8. The SMILES string of the molecule is CCCC[C@]1(CC)CS(=O)(=O)c2ccccc2[C@@H](c2ccccc2)[C@@H]1O.CCCC[C@]1(CC)CS(=O)(=O)c2ccccc2[C@H](c2ccccc2)[C@@H]1O.CCCC[C@]1(CC)CS(=O)(=O)c2ccccc2[C@H](c2ccccc2)[C@H]1O. The molecule has 0 saturated heterocycles. The molecule has 0 aromatic heterocycles. The number of unbranched alkanes of at least 4 members (excludes halogenated alkanes) is 3. The van der Waals surface area contributed by atoms with Gasteiger partial charge in [0.1, 0.15) is 0 Å². The second kappa shape index (κ2) is 26.1. The highest BCUT2D eigenvalue weighted by Gasteiger charge is 2.51. The van der Waals surface area contributed by atoms with Gasteiger partial charge in [0.15, 0.2) is 29.5 Å². The lowest BCUT2D eigenvalue weighted by Crippen LogP contribution is -2.42. The lowest BCUT2D eigenvalue weighted by atomic mass is 9.69. The van der Waals surface area contributed by atoms with Crippen molar-refractivity contribution in [3.05, 3.63) is 197 Å². The fourth-order valence-electron chi connectivity index (χ4n) is 13.0. The molecule has 0 bridgehead atoms. The molecular weight excluding hydrogens is 1030 g/mol. The van der Waals surface area contributed by atoms with Gasteiger partial charge in [-0.1, -0.05) is 226 Å². The van der Waals surface area contributed by atoms with Gasteiger partial charge in [-0.05, 0) is 90.1 Å². The second-order valence-corrected chi connectivity index (χ2v) is 28.2. The summed E-state index contributed by atoms with van der Waals surface area (Å²) in [5, 5.41) is 34.7. The molecule has 0 aliphatic carbocycles. The summed E-state index contributed by atoms with van der Waals surface area (Å²) >= 11 is 0. The quantitative estimate of drug-likeness (QED) is 0.0908. The molecule has 78 heavy (non-hydrogen) atoms. The standard InChI is InChI=1S/3C22H28O3S/c3*1-3-5-15-22(4-2)16-26(24,25)19-14-10-9-13-18(19)20(21(22)23)17-11-7-6-8-12-17/h3*6-14,20-21,23H,3-5,15-16H2,1-2H3/t20-,21+,22+;20-,21+,22-;20-,21-,22+/m010/s1. The number of benzene rings is 6. The Kier molecular flexibility index (Phi) is 20.3. The van der Waals surface area contributed by atoms with Gasteiger partial charge < -0.3 is 15.3 Å². The van der Waals surface area contributed by atoms with E-state index in [4.69, 9.17) is 0 Å². The van der Waals surface area contributed by atoms with Gasteiger partial charge in [0, 0.05) is 34.0 Å². The molecule has 9 rings (SSSR count). The molecule has 420 valence electrons. The van der Waals surface area contributed by atoms with E-state index in [1.54, 1.807) is 36.4 Å². The van der Waals surface area contributed by atoms with Crippen molar-refractivity contribution in [3.8, 4) is 0 Å². The van der Waals surface area contributed by atoms with E-state index in [0.717, 1.165) is 91.2 Å². The van der Waals surface area contributed by atoms with Gasteiger partial charge in [0.25, 0.3) is 0 Å². The molecule has 6 aromatic carbocycles. The van der Waals surface area contributed by atoms with Crippen molar-refractivity contribution < 1.29 is 40.6 Å². The fraction of sp³-hybridized carbons (Fsp3) is 0.455. The van der Waals surface area contributed by atoms with Crippen LogP contribution in [0.2, 0.25) is 0 Å². The predicted molar refractivity (Wildman–Crippen MR) is 315 cm³/mol. The van der Waals surface area contributed by atoms with Crippen molar-refractivity contribution in [2.45, 2.75) is 169 Å². The normalized spacial score (nSPS) is 27.5. The summed E-state index contributed by atoms with van der Waals surface area (Å²) in [5.74, 6) is -0.960. The molecule has 0 spiro atoms. The molecule has 3 heterocycles. The van der Waals surface area contributed by atoms with Crippen LogP contribution in [0, 0.1) is 16.2 Å². The number of fused-ring (bicyclic) bond motifs is 3. The Morgan fingerprint density at radius 3 is 0.782 bits per heavy atom. The van der Waals surface area contributed by atoms with E-state index in [1.165, 1.54) is 0 Å². The van der Waals surface area contributed by atoms with E-state index in [9.17, 15) is 40.6 Å². The summed E-state index contributed by atoms with van der Waals surface area (Å²) in [6, 6.07) is 51.0. The summed E-state index contributed by atoms with van der Waals surface area (Å²) in [6.45, 7) is 12.3. The Bertz CT molecular complexity index is 2880. The Morgan fingerprint density at radius 2 is 0.564 bits per heavy atom. The van der Waals surface area contributed by atoms with Crippen LogP contribution in [0.4, 0.5) is 0 Å². The smallest absolute Gasteiger partial charge is 0.179 e. The first kappa shape index (κ1) is 60.7. The average Bonchev–Trinajstić information content (AvgIpc) is 3.86. The monoisotopic (exact) mass is 1120 g/mol. The highest BCUT2D eigenvalue weighted by Crippen LogP contribution is 2.52. The summed E-state index contributed by atoms with van der Waals surface area (Å²) < 4.78 is 79.5. The summed E-state index contributed by atoms with van der Waals surface area (Å²) in [7, 11) is -10.4. The maximum Gasteiger partial charge on any atom is 0.179 e. The third-order valence-electron chi connectivity index (χ3n) is 17.7. The molecule has 0 fully saturated rings. The van der Waals surface area contributed by atoms with Crippen LogP contribution >= 0.6 is 0 Å². The zero-order chi connectivity index (χ0) is 56.4. The topological polar surface area (TPSA) is 163 Å². The van der Waals surface area contributed by atoms with Gasteiger partial charge in [-0.3, -0.25) is 0 Å². The number of aliphatic hydroxyl groups is 3. The maximum absolute atomic E-state index is 13.2. The molecule has 3 aliphatic rings. The van der Waals surface area contributed by atoms with E-state index in [1.807, 2.05) is 148 Å². The Hall–Kier alpha value is -4.95. The van der Waals surface area contributed by atoms with Crippen LogP contribution in [0.5, 0.6) is 0 Å². The Morgan fingerprint density at radius 1 is 0.346 bits per heavy atom. The van der Waals surface area contributed by atoms with Crippen LogP contribution in [0.3, 0.4) is 0 Å². The third kappa shape index (κ3) is 12.6. The third-order valence-corrected chi connectivity index (χ3v) is 23.7. The highest BCUT2D eigenvalue weighted by molar-refractivity contribution is 7.92. The van der Waals surface area contributed by atoms with Crippen molar-refractivity contribution >= 4 is 29.5 Å². The van der Waals surface area contributed by atoms with E-state index in [2.05, 4.69) is 20.8 Å². The molecule has 12 heteroatoms. The zero-order valence-corrected chi connectivity index (χ0v) is 49.1. The van der Waals surface area contributed by atoms with Crippen molar-refractivity contribution in [2.24, 2.45) is 16.2 Å². The van der Waals surface area contributed by atoms with Gasteiger partial charge in [0.2, 0.25) is 0 Å². The van der Waals surface area contributed by atoms with E-state index in [-0.39, 0.29) is 35.0 Å². The summed E-state index contributed by atoms with van der Waals surface area (Å²) in [4.78, 5) is 1.12. The maximum atomic E-state index is 13.2. The average molecular weight is 1120 g/mol. The second-order valence-electron chi connectivity index (χ2n) is 22.3. The minimum Gasteiger partial charge on any atom is -0.392 e. The predicted octanol–water partition coefficient (Wildman–Crippen LogP) is 13.7. The van der Waals surface area contributed by atoms with E-state index < -0.39 is 64.1 Å². The van der Waals surface area contributed by atoms with Gasteiger partial charge >= 0.3 is 0 Å². The molecule has 3 aliphatic heterocycles. The molecule has 3 N–H and O–H groups in total. The van der Waals surface area contributed by atoms with Crippen LogP contribution < -0.4 is 0 Å². The molecule has 0 unspecified atom stereocenters. The van der Waals surface area contributed by atoms with Crippen molar-refractivity contribution in [2.75, 3.05) is 17.3 Å². The number of sulfone groups is 3. The van der Waals surface area contributed by atoms with Crippen LogP contribution in [0.1, 0.15) is 170 Å². The van der Waals surface area contributed by atoms with Crippen LogP contribution in [0.25, 0.3) is 0 Å². The van der Waals surface area contributed by atoms with Gasteiger partial charge in [-0.25, -0.2) is 25.3 Å². The number of hydrogen-bond donors (Lipinski definition) is 3. The Balaban J connectivity index is 0.000000170.